The zero-order valence-corrected chi connectivity index (χ0v) is 16.1. The molecular weight excluding hydrogens is 356 g/mol. The Morgan fingerprint density at radius 3 is 2.86 bits per heavy atom. The van der Waals surface area contributed by atoms with Gasteiger partial charge in [0.15, 0.2) is 5.82 Å². The van der Waals surface area contributed by atoms with Crippen LogP contribution in [0.25, 0.3) is 0 Å². The average Bonchev–Trinajstić information content (AvgIpc) is 3.14. The molecule has 0 radical (unpaired) electrons. The van der Waals surface area contributed by atoms with E-state index in [0.29, 0.717) is 37.1 Å². The number of carbonyl (C=O) groups is 1. The Balaban J connectivity index is 1.47. The predicted molar refractivity (Wildman–Crippen MR) is 101 cm³/mol. The average molecular weight is 380 g/mol. The van der Waals surface area contributed by atoms with Gasteiger partial charge in [0.2, 0.25) is 0 Å². The zero-order valence-electron chi connectivity index (χ0n) is 16.1. The number of hydrogen-bond acceptors (Lipinski definition) is 5. The van der Waals surface area contributed by atoms with Gasteiger partial charge in [-0.2, -0.15) is 15.3 Å². The molecule has 0 spiro atoms. The Bertz CT molecular complexity index is 1010. The maximum atomic E-state index is 13.4. The molecular formula is C19H24N8O. The molecule has 1 aliphatic carbocycles. The highest BCUT2D eigenvalue weighted by molar-refractivity contribution is 5.93. The van der Waals surface area contributed by atoms with Crippen molar-refractivity contribution in [2.75, 3.05) is 6.54 Å². The number of aryl methyl sites for hydroxylation is 2. The summed E-state index contributed by atoms with van der Waals surface area (Å²) in [5.41, 5.74) is 3.72. The first-order valence-electron chi connectivity index (χ1n) is 9.98. The van der Waals surface area contributed by atoms with Gasteiger partial charge in [-0.3, -0.25) is 19.7 Å². The van der Waals surface area contributed by atoms with Crippen molar-refractivity contribution >= 4 is 5.91 Å². The number of aromatic nitrogens is 7. The first-order valence-corrected chi connectivity index (χ1v) is 9.98. The van der Waals surface area contributed by atoms with E-state index in [1.807, 2.05) is 29.5 Å². The van der Waals surface area contributed by atoms with E-state index in [0.717, 1.165) is 29.2 Å². The number of amides is 1. The van der Waals surface area contributed by atoms with Crippen LogP contribution in [-0.4, -0.2) is 52.5 Å². The second-order valence-corrected chi connectivity index (χ2v) is 7.59. The quantitative estimate of drug-likeness (QED) is 0.703. The summed E-state index contributed by atoms with van der Waals surface area (Å²) in [5.74, 6) is 1.95. The lowest BCUT2D eigenvalue weighted by Gasteiger charge is -2.31. The van der Waals surface area contributed by atoms with Crippen molar-refractivity contribution in [2.45, 2.75) is 58.0 Å². The maximum absolute atomic E-state index is 13.4. The lowest BCUT2D eigenvalue weighted by molar-refractivity contribution is 0.0710. The van der Waals surface area contributed by atoms with Gasteiger partial charge in [-0.05, 0) is 25.8 Å². The van der Waals surface area contributed by atoms with Crippen LogP contribution in [0.15, 0.2) is 12.3 Å². The molecule has 0 aromatic carbocycles. The summed E-state index contributed by atoms with van der Waals surface area (Å²) in [7, 11) is 0. The molecule has 5 rings (SSSR count). The highest BCUT2D eigenvalue weighted by Gasteiger charge is 2.35. The Hall–Kier alpha value is -2.97. The molecule has 1 fully saturated rings. The molecule has 2 N–H and O–H groups in total. The summed E-state index contributed by atoms with van der Waals surface area (Å²) in [6.07, 6.45) is 4.92. The van der Waals surface area contributed by atoms with Crippen LogP contribution in [0.3, 0.4) is 0 Å². The van der Waals surface area contributed by atoms with Gasteiger partial charge in [0.05, 0.1) is 23.5 Å². The Labute approximate surface area is 162 Å². The van der Waals surface area contributed by atoms with E-state index in [4.69, 9.17) is 0 Å². The summed E-state index contributed by atoms with van der Waals surface area (Å²) in [6.45, 7) is 5.78. The number of rotatable bonds is 5. The van der Waals surface area contributed by atoms with E-state index in [9.17, 15) is 4.79 Å². The lowest BCUT2D eigenvalue weighted by atomic mass is 9.95. The molecule has 0 bridgehead atoms. The minimum Gasteiger partial charge on any atom is -0.332 e. The monoisotopic (exact) mass is 380 g/mol. The van der Waals surface area contributed by atoms with E-state index < -0.39 is 0 Å². The van der Waals surface area contributed by atoms with Crippen molar-refractivity contribution in [3.05, 3.63) is 46.6 Å². The van der Waals surface area contributed by atoms with Crippen LogP contribution in [0.1, 0.15) is 77.6 Å². The van der Waals surface area contributed by atoms with Gasteiger partial charge in [-0.1, -0.05) is 6.92 Å². The lowest BCUT2D eigenvalue weighted by Crippen LogP contribution is -2.39. The van der Waals surface area contributed by atoms with E-state index >= 15 is 0 Å². The summed E-state index contributed by atoms with van der Waals surface area (Å²) in [5, 5.41) is 19.3. The highest BCUT2D eigenvalue weighted by atomic mass is 16.2. The summed E-state index contributed by atoms with van der Waals surface area (Å²) < 4.78 is 1.83. The van der Waals surface area contributed by atoms with Gasteiger partial charge < -0.3 is 4.90 Å². The van der Waals surface area contributed by atoms with Gasteiger partial charge in [-0.25, -0.2) is 4.98 Å². The first-order chi connectivity index (χ1) is 13.7. The number of nitrogens with zero attached hydrogens (tertiary/aromatic N) is 6. The Morgan fingerprint density at radius 2 is 2.14 bits per heavy atom. The number of carbonyl (C=O) groups excluding carboxylic acids is 1. The van der Waals surface area contributed by atoms with Crippen molar-refractivity contribution in [3.8, 4) is 0 Å². The topological polar surface area (TPSA) is 108 Å². The molecule has 28 heavy (non-hydrogen) atoms. The van der Waals surface area contributed by atoms with Gasteiger partial charge in [-0.15, -0.1) is 0 Å². The maximum Gasteiger partial charge on any atom is 0.272 e. The van der Waals surface area contributed by atoms with Crippen LogP contribution in [0.5, 0.6) is 0 Å². The van der Waals surface area contributed by atoms with Crippen LogP contribution in [-0.2, 0) is 19.5 Å². The van der Waals surface area contributed by atoms with Gasteiger partial charge in [0, 0.05) is 37.5 Å². The minimum atomic E-state index is -0.118. The fraction of sp³-hybridized carbons (Fsp3) is 0.526. The van der Waals surface area contributed by atoms with Gasteiger partial charge in [0.25, 0.3) is 5.91 Å². The molecule has 1 unspecified atom stereocenters. The smallest absolute Gasteiger partial charge is 0.272 e. The number of H-pyrrole nitrogens is 2. The van der Waals surface area contributed by atoms with E-state index in [2.05, 4.69) is 30.5 Å². The number of hydrogen-bond donors (Lipinski definition) is 2. The molecule has 4 heterocycles. The SMILES string of the molecule is CCc1nc(C2CN(C(=O)c3cc(C4CC4)nn3CC)Cc3cn[nH]c32)n[nH]1. The van der Waals surface area contributed by atoms with Crippen molar-refractivity contribution in [1.29, 1.82) is 0 Å². The molecule has 9 nitrogen and oxygen atoms in total. The highest BCUT2D eigenvalue weighted by Crippen LogP contribution is 2.39. The van der Waals surface area contributed by atoms with Crippen LogP contribution >= 0.6 is 0 Å². The first kappa shape index (κ1) is 17.2. The van der Waals surface area contributed by atoms with Gasteiger partial charge in [0.1, 0.15) is 11.5 Å². The third-order valence-corrected chi connectivity index (χ3v) is 5.66. The van der Waals surface area contributed by atoms with Crippen molar-refractivity contribution in [2.24, 2.45) is 0 Å². The van der Waals surface area contributed by atoms with Crippen LogP contribution in [0, 0.1) is 0 Å². The number of nitrogens with one attached hydrogen (secondary N) is 2. The number of aromatic amines is 2. The Kier molecular flexibility index (Phi) is 4.03. The molecule has 1 saturated carbocycles. The third kappa shape index (κ3) is 2.81. The molecule has 1 aliphatic heterocycles. The second kappa shape index (κ2) is 6.57. The summed E-state index contributed by atoms with van der Waals surface area (Å²) >= 11 is 0. The van der Waals surface area contributed by atoms with Crippen molar-refractivity contribution in [3.63, 3.8) is 0 Å². The fourth-order valence-electron chi connectivity index (χ4n) is 3.91. The van der Waals surface area contributed by atoms with Crippen LogP contribution in [0.4, 0.5) is 0 Å². The van der Waals surface area contributed by atoms with Gasteiger partial charge >= 0.3 is 0 Å². The number of fused-ring (bicyclic) bond motifs is 1. The summed E-state index contributed by atoms with van der Waals surface area (Å²) in [4.78, 5) is 19.9. The largest absolute Gasteiger partial charge is 0.332 e. The minimum absolute atomic E-state index is 0.00403. The molecule has 1 amide bonds. The van der Waals surface area contributed by atoms with Crippen LogP contribution in [0.2, 0.25) is 0 Å². The summed E-state index contributed by atoms with van der Waals surface area (Å²) in [6, 6.07) is 1.98. The normalized spacial score (nSPS) is 19.1. The fourth-order valence-corrected chi connectivity index (χ4v) is 3.91. The third-order valence-electron chi connectivity index (χ3n) is 5.66. The van der Waals surface area contributed by atoms with E-state index in [-0.39, 0.29) is 11.8 Å². The van der Waals surface area contributed by atoms with Crippen LogP contribution < -0.4 is 0 Å². The predicted octanol–water partition coefficient (Wildman–Crippen LogP) is 1.97. The molecule has 3 aromatic heterocycles. The molecule has 146 valence electrons. The van der Waals surface area contributed by atoms with E-state index in [1.54, 1.807) is 6.20 Å². The Morgan fingerprint density at radius 1 is 1.29 bits per heavy atom. The standard InChI is InChI=1S/C19H24N8O/c1-3-16-21-18(24-22-16)13-10-26(9-12-8-20-23-17(12)13)19(28)15-7-14(11-5-6-11)25-27(15)4-2/h7-8,11,13H,3-6,9-10H2,1-2H3,(H,20,23)(H,21,22,24). The zero-order chi connectivity index (χ0) is 19.3. The second-order valence-electron chi connectivity index (χ2n) is 7.59. The van der Waals surface area contributed by atoms with Crippen molar-refractivity contribution in [1.82, 2.24) is 40.1 Å². The molecule has 3 aromatic rings. The van der Waals surface area contributed by atoms with E-state index in [1.165, 1.54) is 12.8 Å². The molecule has 2 aliphatic rings. The molecule has 9 heteroatoms. The molecule has 0 saturated heterocycles. The van der Waals surface area contributed by atoms with Crippen molar-refractivity contribution < 1.29 is 4.79 Å². The molecule has 1 atom stereocenters.